The number of rotatable bonds is 14. The molecule has 0 amide bonds. The molecule has 0 fully saturated rings. The normalized spacial score (nSPS) is 12.5. The highest BCUT2D eigenvalue weighted by Crippen LogP contribution is 2.29. The van der Waals surface area contributed by atoms with Gasteiger partial charge in [-0.3, -0.25) is 0 Å². The molecule has 1 aromatic carbocycles. The maximum absolute atomic E-state index is 2.31. The Morgan fingerprint density at radius 3 is 1.86 bits per heavy atom. The first-order valence-electron chi connectivity index (χ1n) is 9.58. The molecule has 1 atom stereocenters. The first-order valence-corrected chi connectivity index (χ1v) is 10.5. The number of thioether (sulfide) groups is 1. The van der Waals surface area contributed by atoms with E-state index in [-0.39, 0.29) is 0 Å². The van der Waals surface area contributed by atoms with E-state index in [1.807, 2.05) is 0 Å². The first-order chi connectivity index (χ1) is 10.9. The van der Waals surface area contributed by atoms with Crippen LogP contribution in [0.25, 0.3) is 0 Å². The van der Waals surface area contributed by atoms with Crippen LogP contribution < -0.4 is 0 Å². The van der Waals surface area contributed by atoms with E-state index in [4.69, 9.17) is 0 Å². The second-order valence-electron chi connectivity index (χ2n) is 6.46. The Bertz CT molecular complexity index is 333. The summed E-state index contributed by atoms with van der Waals surface area (Å²) in [6.45, 7) is 4.61. The molecule has 126 valence electrons. The van der Waals surface area contributed by atoms with Crippen LogP contribution in [0.4, 0.5) is 0 Å². The summed E-state index contributed by atoms with van der Waals surface area (Å²) in [4.78, 5) is 1.44. The Morgan fingerprint density at radius 1 is 0.682 bits per heavy atom. The van der Waals surface area contributed by atoms with Crippen LogP contribution in [0.1, 0.15) is 90.9 Å². The second-order valence-corrected chi connectivity index (χ2v) is 7.83. The molecule has 0 N–H and O–H groups in total. The molecule has 0 aliphatic heterocycles. The van der Waals surface area contributed by atoms with Crippen LogP contribution in [-0.2, 0) is 0 Å². The van der Waals surface area contributed by atoms with Gasteiger partial charge in [0, 0.05) is 10.1 Å². The van der Waals surface area contributed by atoms with Crippen LogP contribution in [0.2, 0.25) is 0 Å². The highest BCUT2D eigenvalue weighted by Gasteiger charge is 2.09. The van der Waals surface area contributed by atoms with Gasteiger partial charge >= 0.3 is 0 Å². The smallest absolute Gasteiger partial charge is 0.00943 e. The number of unbranched alkanes of at least 4 members (excludes halogenated alkanes) is 8. The van der Waals surface area contributed by atoms with E-state index < -0.39 is 0 Å². The Kier molecular flexibility index (Phi) is 12.6. The highest BCUT2D eigenvalue weighted by atomic mass is 32.2. The lowest BCUT2D eigenvalue weighted by atomic mass is 10.0. The molecule has 1 heteroatoms. The second kappa shape index (κ2) is 14.2. The maximum Gasteiger partial charge on any atom is 0.00943 e. The van der Waals surface area contributed by atoms with Crippen molar-refractivity contribution in [3.63, 3.8) is 0 Å². The van der Waals surface area contributed by atoms with Crippen molar-refractivity contribution >= 4 is 11.8 Å². The van der Waals surface area contributed by atoms with Crippen LogP contribution in [0.15, 0.2) is 35.2 Å². The highest BCUT2D eigenvalue weighted by molar-refractivity contribution is 8.00. The van der Waals surface area contributed by atoms with Crippen LogP contribution in [0.3, 0.4) is 0 Å². The fraction of sp³-hybridized carbons (Fsp3) is 0.714. The standard InChI is InChI=1S/C21H36S/c1-3-5-6-7-8-9-10-11-13-17-20(16-4-2)22-21-18-14-12-15-19-21/h12,14-15,18-20H,3-11,13,16-17H2,1-2H3. The third kappa shape index (κ3) is 10.3. The fourth-order valence-electron chi connectivity index (χ4n) is 2.96. The molecule has 1 unspecified atom stereocenters. The van der Waals surface area contributed by atoms with Gasteiger partial charge in [-0.2, -0.15) is 0 Å². The van der Waals surface area contributed by atoms with Crippen molar-refractivity contribution in [2.45, 2.75) is 101 Å². The number of benzene rings is 1. The number of hydrogen-bond donors (Lipinski definition) is 0. The molecule has 0 spiro atoms. The Hall–Kier alpha value is -0.430. The zero-order chi connectivity index (χ0) is 15.9. The van der Waals surface area contributed by atoms with Gasteiger partial charge in [0.05, 0.1) is 0 Å². The third-order valence-electron chi connectivity index (χ3n) is 4.29. The summed E-state index contributed by atoms with van der Waals surface area (Å²) in [6, 6.07) is 10.9. The van der Waals surface area contributed by atoms with Gasteiger partial charge in [0.15, 0.2) is 0 Å². The van der Waals surface area contributed by atoms with Crippen molar-refractivity contribution in [3.8, 4) is 0 Å². The van der Waals surface area contributed by atoms with E-state index in [9.17, 15) is 0 Å². The van der Waals surface area contributed by atoms with Gasteiger partial charge in [-0.1, -0.05) is 96.3 Å². The van der Waals surface area contributed by atoms with E-state index in [2.05, 4.69) is 55.9 Å². The minimum absolute atomic E-state index is 0.817. The van der Waals surface area contributed by atoms with Crippen LogP contribution >= 0.6 is 11.8 Å². The van der Waals surface area contributed by atoms with E-state index in [1.165, 1.54) is 81.9 Å². The van der Waals surface area contributed by atoms with Crippen molar-refractivity contribution in [3.05, 3.63) is 30.3 Å². The summed E-state index contributed by atoms with van der Waals surface area (Å²) in [5, 5.41) is 0.817. The molecular formula is C21H36S. The molecule has 1 aromatic rings. The molecule has 1 rings (SSSR count). The van der Waals surface area contributed by atoms with Crippen molar-refractivity contribution in [1.82, 2.24) is 0 Å². The Balaban J connectivity index is 2.06. The average molecular weight is 321 g/mol. The van der Waals surface area contributed by atoms with Gasteiger partial charge in [0.1, 0.15) is 0 Å². The van der Waals surface area contributed by atoms with Gasteiger partial charge in [0.25, 0.3) is 0 Å². The molecule has 0 saturated heterocycles. The third-order valence-corrected chi connectivity index (χ3v) is 5.64. The molecule has 0 radical (unpaired) electrons. The van der Waals surface area contributed by atoms with Crippen molar-refractivity contribution < 1.29 is 0 Å². The Labute approximate surface area is 143 Å². The molecule has 0 nitrogen and oxygen atoms in total. The van der Waals surface area contributed by atoms with Gasteiger partial charge in [-0.05, 0) is 25.0 Å². The zero-order valence-electron chi connectivity index (χ0n) is 14.9. The van der Waals surface area contributed by atoms with Crippen molar-refractivity contribution in [2.24, 2.45) is 0 Å². The predicted octanol–water partition coefficient (Wildman–Crippen LogP) is 7.87. The van der Waals surface area contributed by atoms with Crippen molar-refractivity contribution in [2.75, 3.05) is 0 Å². The predicted molar refractivity (Wildman–Crippen MR) is 103 cm³/mol. The molecule has 0 saturated carbocycles. The number of hydrogen-bond acceptors (Lipinski definition) is 1. The summed E-state index contributed by atoms with van der Waals surface area (Å²) in [7, 11) is 0. The van der Waals surface area contributed by atoms with Gasteiger partial charge in [0.2, 0.25) is 0 Å². The molecule has 0 aliphatic carbocycles. The van der Waals surface area contributed by atoms with Crippen LogP contribution in [0, 0.1) is 0 Å². The summed E-state index contributed by atoms with van der Waals surface area (Å²) in [5.74, 6) is 0. The van der Waals surface area contributed by atoms with Gasteiger partial charge in [-0.15, -0.1) is 11.8 Å². The van der Waals surface area contributed by atoms with Crippen molar-refractivity contribution in [1.29, 1.82) is 0 Å². The topological polar surface area (TPSA) is 0 Å². The summed E-state index contributed by atoms with van der Waals surface area (Å²) >= 11 is 2.09. The molecular weight excluding hydrogens is 284 g/mol. The zero-order valence-corrected chi connectivity index (χ0v) is 15.7. The van der Waals surface area contributed by atoms with E-state index in [0.29, 0.717) is 0 Å². The largest absolute Gasteiger partial charge is 0.123 e. The van der Waals surface area contributed by atoms with Crippen LogP contribution in [0.5, 0.6) is 0 Å². The SMILES string of the molecule is CCCCCCCCCCCC(CCC)Sc1ccccc1. The maximum atomic E-state index is 2.31. The lowest BCUT2D eigenvalue weighted by Gasteiger charge is -2.15. The van der Waals surface area contributed by atoms with E-state index in [1.54, 1.807) is 0 Å². The quantitative estimate of drug-likeness (QED) is 0.248. The van der Waals surface area contributed by atoms with Gasteiger partial charge in [-0.25, -0.2) is 0 Å². The minimum atomic E-state index is 0.817. The minimum Gasteiger partial charge on any atom is -0.123 e. The molecule has 0 aliphatic rings. The monoisotopic (exact) mass is 320 g/mol. The van der Waals surface area contributed by atoms with E-state index >= 15 is 0 Å². The molecule has 0 bridgehead atoms. The van der Waals surface area contributed by atoms with E-state index in [0.717, 1.165) is 5.25 Å². The first kappa shape index (κ1) is 19.6. The lowest BCUT2D eigenvalue weighted by molar-refractivity contribution is 0.546. The van der Waals surface area contributed by atoms with Crippen LogP contribution in [-0.4, -0.2) is 5.25 Å². The molecule has 22 heavy (non-hydrogen) atoms. The average Bonchev–Trinajstić information content (AvgIpc) is 2.54. The summed E-state index contributed by atoms with van der Waals surface area (Å²) in [5.41, 5.74) is 0. The summed E-state index contributed by atoms with van der Waals surface area (Å²) < 4.78 is 0. The van der Waals surface area contributed by atoms with Gasteiger partial charge < -0.3 is 0 Å². The fourth-order valence-corrected chi connectivity index (χ4v) is 4.30. The summed E-state index contributed by atoms with van der Waals surface area (Å²) in [6.07, 6.45) is 16.9. The molecule has 0 heterocycles. The molecule has 0 aromatic heterocycles. The Morgan fingerprint density at radius 2 is 1.27 bits per heavy atom. The lowest BCUT2D eigenvalue weighted by Crippen LogP contribution is -2.02.